The summed E-state index contributed by atoms with van der Waals surface area (Å²) in [6.45, 7) is 3.64. The maximum atomic E-state index is 11.2. The Morgan fingerprint density at radius 1 is 1.56 bits per heavy atom. The molecule has 0 aliphatic rings. The van der Waals surface area contributed by atoms with Gasteiger partial charge in [0.2, 0.25) is 0 Å². The van der Waals surface area contributed by atoms with Crippen molar-refractivity contribution >= 4 is 17.6 Å². The summed E-state index contributed by atoms with van der Waals surface area (Å²) in [7, 11) is 0. The molecule has 0 fully saturated rings. The Morgan fingerprint density at radius 3 is 2.78 bits per heavy atom. The summed E-state index contributed by atoms with van der Waals surface area (Å²) in [5.41, 5.74) is 1.03. The third kappa shape index (κ3) is 3.66. The first-order valence-corrected chi connectivity index (χ1v) is 5.97. The van der Waals surface area contributed by atoms with E-state index in [1.54, 1.807) is 19.9 Å². The van der Waals surface area contributed by atoms with Gasteiger partial charge >= 0.3 is 5.97 Å². The van der Waals surface area contributed by atoms with Crippen LogP contribution in [0, 0.1) is 6.92 Å². The SMILES string of the molecule is CCOC(=O)CC(O)C(O)c1c(C)ccnc1Cl. The number of rotatable bonds is 5. The molecular formula is C12H16ClNO4. The summed E-state index contributed by atoms with van der Waals surface area (Å²) in [5.74, 6) is -0.568. The summed E-state index contributed by atoms with van der Waals surface area (Å²) in [6, 6.07) is 1.67. The second-order valence-electron chi connectivity index (χ2n) is 3.85. The molecule has 0 aromatic carbocycles. The largest absolute Gasteiger partial charge is 0.466 e. The molecule has 0 amide bonds. The number of aliphatic hydroxyl groups excluding tert-OH is 2. The molecule has 0 spiro atoms. The van der Waals surface area contributed by atoms with Crippen LogP contribution in [-0.4, -0.2) is 33.9 Å². The molecule has 0 aliphatic heterocycles. The van der Waals surface area contributed by atoms with Crippen molar-refractivity contribution in [1.29, 1.82) is 0 Å². The van der Waals surface area contributed by atoms with Crippen molar-refractivity contribution in [2.24, 2.45) is 0 Å². The Labute approximate surface area is 110 Å². The molecule has 100 valence electrons. The van der Waals surface area contributed by atoms with E-state index in [2.05, 4.69) is 4.98 Å². The summed E-state index contributed by atoms with van der Waals surface area (Å²) in [6.07, 6.45) is -1.33. The molecule has 5 nitrogen and oxygen atoms in total. The van der Waals surface area contributed by atoms with E-state index in [1.807, 2.05) is 0 Å². The third-order valence-corrected chi connectivity index (χ3v) is 2.80. The van der Waals surface area contributed by atoms with E-state index in [-0.39, 0.29) is 18.2 Å². The number of aliphatic hydroxyl groups is 2. The fraction of sp³-hybridized carbons (Fsp3) is 0.500. The summed E-state index contributed by atoms with van der Waals surface area (Å²) in [5, 5.41) is 19.9. The summed E-state index contributed by atoms with van der Waals surface area (Å²) in [4.78, 5) is 15.1. The van der Waals surface area contributed by atoms with Crippen LogP contribution in [0.5, 0.6) is 0 Å². The number of nitrogens with zero attached hydrogens (tertiary/aromatic N) is 1. The molecule has 1 aromatic heterocycles. The zero-order chi connectivity index (χ0) is 13.7. The Morgan fingerprint density at radius 2 is 2.22 bits per heavy atom. The first-order valence-electron chi connectivity index (χ1n) is 5.60. The predicted molar refractivity (Wildman–Crippen MR) is 66.2 cm³/mol. The van der Waals surface area contributed by atoms with Crippen molar-refractivity contribution in [1.82, 2.24) is 4.98 Å². The van der Waals surface area contributed by atoms with Gasteiger partial charge in [-0.1, -0.05) is 11.6 Å². The van der Waals surface area contributed by atoms with Crippen molar-refractivity contribution in [2.45, 2.75) is 32.5 Å². The van der Waals surface area contributed by atoms with Crippen LogP contribution in [0.25, 0.3) is 0 Å². The first kappa shape index (κ1) is 14.9. The molecule has 0 saturated heterocycles. The van der Waals surface area contributed by atoms with E-state index >= 15 is 0 Å². The lowest BCUT2D eigenvalue weighted by Crippen LogP contribution is -2.24. The van der Waals surface area contributed by atoms with Gasteiger partial charge in [-0.3, -0.25) is 4.79 Å². The van der Waals surface area contributed by atoms with Crippen LogP contribution in [0.15, 0.2) is 12.3 Å². The van der Waals surface area contributed by atoms with Crippen LogP contribution >= 0.6 is 11.6 Å². The van der Waals surface area contributed by atoms with Gasteiger partial charge in [-0.25, -0.2) is 4.98 Å². The van der Waals surface area contributed by atoms with Gasteiger partial charge < -0.3 is 14.9 Å². The third-order valence-electron chi connectivity index (χ3n) is 2.50. The molecular weight excluding hydrogens is 258 g/mol. The normalized spacial score (nSPS) is 14.1. The molecule has 1 rings (SSSR count). The average molecular weight is 274 g/mol. The van der Waals surface area contributed by atoms with Gasteiger partial charge in [0.15, 0.2) is 0 Å². The molecule has 2 atom stereocenters. The maximum Gasteiger partial charge on any atom is 0.308 e. The van der Waals surface area contributed by atoms with Crippen LogP contribution in [0.3, 0.4) is 0 Å². The average Bonchev–Trinajstić information content (AvgIpc) is 2.28. The highest BCUT2D eigenvalue weighted by molar-refractivity contribution is 6.30. The van der Waals surface area contributed by atoms with Gasteiger partial charge in [0.25, 0.3) is 0 Å². The molecule has 1 heterocycles. The standard InChI is InChI=1S/C12H16ClNO4/c1-3-18-9(16)6-8(15)11(17)10-7(2)4-5-14-12(10)13/h4-5,8,11,15,17H,3,6H2,1-2H3. The van der Waals surface area contributed by atoms with Crippen LogP contribution in [0.2, 0.25) is 5.15 Å². The summed E-state index contributed by atoms with van der Waals surface area (Å²) >= 11 is 5.87. The molecule has 6 heteroatoms. The van der Waals surface area contributed by atoms with Crippen molar-refractivity contribution in [3.63, 3.8) is 0 Å². The van der Waals surface area contributed by atoms with Gasteiger partial charge in [0, 0.05) is 11.8 Å². The zero-order valence-electron chi connectivity index (χ0n) is 10.3. The predicted octanol–water partition coefficient (Wildman–Crippen LogP) is 1.39. The Hall–Kier alpha value is -1.17. The van der Waals surface area contributed by atoms with Crippen molar-refractivity contribution in [3.8, 4) is 0 Å². The van der Waals surface area contributed by atoms with Crippen LogP contribution in [0.4, 0.5) is 0 Å². The number of ether oxygens (including phenoxy) is 1. The second kappa shape index (κ2) is 6.68. The van der Waals surface area contributed by atoms with Crippen molar-refractivity contribution < 1.29 is 19.7 Å². The molecule has 0 bridgehead atoms. The Bertz CT molecular complexity index is 404. The fourth-order valence-electron chi connectivity index (χ4n) is 1.59. The van der Waals surface area contributed by atoms with Crippen molar-refractivity contribution in [3.05, 3.63) is 28.5 Å². The number of aryl methyl sites for hydroxylation is 1. The number of carbonyl (C=O) groups excluding carboxylic acids is 1. The Kier molecular flexibility index (Phi) is 5.53. The molecule has 1 aromatic rings. The Balaban J connectivity index is 2.80. The summed E-state index contributed by atoms with van der Waals surface area (Å²) < 4.78 is 4.70. The maximum absolute atomic E-state index is 11.2. The van der Waals surface area contributed by atoms with E-state index < -0.39 is 18.2 Å². The monoisotopic (exact) mass is 273 g/mol. The minimum absolute atomic E-state index is 0.116. The number of carbonyl (C=O) groups is 1. The first-order chi connectivity index (χ1) is 8.47. The van der Waals surface area contributed by atoms with Crippen LogP contribution in [0.1, 0.15) is 30.6 Å². The molecule has 0 saturated carbocycles. The number of esters is 1. The van der Waals surface area contributed by atoms with E-state index in [1.165, 1.54) is 6.20 Å². The second-order valence-corrected chi connectivity index (χ2v) is 4.21. The number of aromatic nitrogens is 1. The topological polar surface area (TPSA) is 79.7 Å². The number of hydrogen-bond acceptors (Lipinski definition) is 5. The lowest BCUT2D eigenvalue weighted by atomic mass is 10.00. The minimum atomic E-state index is -1.27. The molecule has 2 N–H and O–H groups in total. The van der Waals surface area contributed by atoms with Gasteiger partial charge in [0.1, 0.15) is 11.3 Å². The van der Waals surface area contributed by atoms with Gasteiger partial charge in [-0.05, 0) is 25.5 Å². The molecule has 0 aliphatic carbocycles. The molecule has 0 radical (unpaired) electrons. The van der Waals surface area contributed by atoms with E-state index in [4.69, 9.17) is 16.3 Å². The van der Waals surface area contributed by atoms with E-state index in [9.17, 15) is 15.0 Å². The van der Waals surface area contributed by atoms with Crippen LogP contribution in [-0.2, 0) is 9.53 Å². The quantitative estimate of drug-likeness (QED) is 0.626. The van der Waals surface area contributed by atoms with Crippen LogP contribution < -0.4 is 0 Å². The lowest BCUT2D eigenvalue weighted by molar-refractivity contribution is -0.147. The van der Waals surface area contributed by atoms with E-state index in [0.717, 1.165) is 0 Å². The van der Waals surface area contributed by atoms with Crippen molar-refractivity contribution in [2.75, 3.05) is 6.61 Å². The highest BCUT2D eigenvalue weighted by Crippen LogP contribution is 2.27. The lowest BCUT2D eigenvalue weighted by Gasteiger charge is -2.19. The number of hydrogen-bond donors (Lipinski definition) is 2. The minimum Gasteiger partial charge on any atom is -0.466 e. The molecule has 18 heavy (non-hydrogen) atoms. The smallest absolute Gasteiger partial charge is 0.308 e. The van der Waals surface area contributed by atoms with Gasteiger partial charge in [-0.15, -0.1) is 0 Å². The fourth-order valence-corrected chi connectivity index (χ4v) is 1.90. The number of halogens is 1. The van der Waals surface area contributed by atoms with Gasteiger partial charge in [0.05, 0.1) is 19.1 Å². The van der Waals surface area contributed by atoms with E-state index in [0.29, 0.717) is 11.1 Å². The van der Waals surface area contributed by atoms with Gasteiger partial charge in [-0.2, -0.15) is 0 Å². The number of pyridine rings is 1. The highest BCUT2D eigenvalue weighted by Gasteiger charge is 2.25. The highest BCUT2D eigenvalue weighted by atomic mass is 35.5. The molecule has 2 unspecified atom stereocenters. The zero-order valence-corrected chi connectivity index (χ0v) is 11.0.